The van der Waals surface area contributed by atoms with Gasteiger partial charge in [-0.25, -0.2) is 9.78 Å². The van der Waals surface area contributed by atoms with Gasteiger partial charge in [-0.3, -0.25) is 9.69 Å². The zero-order chi connectivity index (χ0) is 25.9. The number of benzene rings is 2. The second-order valence-corrected chi connectivity index (χ2v) is 9.52. The molecule has 0 saturated heterocycles. The Hall–Kier alpha value is -4.07. The fourth-order valence-electron chi connectivity index (χ4n) is 4.63. The first kappa shape index (κ1) is 24.6. The van der Waals surface area contributed by atoms with E-state index in [9.17, 15) is 9.59 Å². The Morgan fingerprint density at radius 1 is 1.14 bits per heavy atom. The maximum atomic E-state index is 13.3. The second kappa shape index (κ2) is 10.5. The van der Waals surface area contributed by atoms with Crippen LogP contribution in [0.4, 0.5) is 16.2 Å². The number of rotatable bonds is 8. The van der Waals surface area contributed by atoms with Gasteiger partial charge in [-0.15, -0.1) is 0 Å². The van der Waals surface area contributed by atoms with Crippen molar-refractivity contribution < 1.29 is 24.2 Å². The molecule has 1 aromatic heterocycles. The van der Waals surface area contributed by atoms with Gasteiger partial charge in [-0.2, -0.15) is 0 Å². The van der Waals surface area contributed by atoms with Crippen molar-refractivity contribution in [2.75, 3.05) is 23.4 Å². The van der Waals surface area contributed by atoms with Gasteiger partial charge in [0.1, 0.15) is 11.9 Å². The highest BCUT2D eigenvalue weighted by molar-refractivity contribution is 6.03. The molecule has 1 fully saturated rings. The monoisotopic (exact) mass is 501 g/mol. The van der Waals surface area contributed by atoms with Gasteiger partial charge in [-0.05, 0) is 54.7 Å². The summed E-state index contributed by atoms with van der Waals surface area (Å²) in [4.78, 5) is 30.5. The lowest BCUT2D eigenvalue weighted by molar-refractivity contribution is -0.138. The SMILES string of the molecule is CCc1ccccc1NC(=O)N1CC(CC)Oc2cc(-c3ccc(OCC4C[C@@H]4C(=O)O)nc3)ccc21. The molecule has 2 unspecified atom stereocenters. The Balaban J connectivity index is 1.31. The molecule has 8 nitrogen and oxygen atoms in total. The van der Waals surface area contributed by atoms with Gasteiger partial charge in [0.05, 0.1) is 24.8 Å². The number of carboxylic acids is 1. The Morgan fingerprint density at radius 2 is 1.95 bits per heavy atom. The lowest BCUT2D eigenvalue weighted by Gasteiger charge is -2.35. The number of anilines is 2. The number of ether oxygens (including phenoxy) is 2. The molecule has 0 spiro atoms. The van der Waals surface area contributed by atoms with E-state index in [-0.39, 0.29) is 24.0 Å². The molecule has 2 amide bonds. The van der Waals surface area contributed by atoms with E-state index in [4.69, 9.17) is 14.6 Å². The molecule has 2 heterocycles. The molecule has 37 heavy (non-hydrogen) atoms. The van der Waals surface area contributed by atoms with Gasteiger partial charge in [-0.1, -0.05) is 38.1 Å². The van der Waals surface area contributed by atoms with E-state index in [2.05, 4.69) is 17.2 Å². The van der Waals surface area contributed by atoms with Crippen LogP contribution in [0, 0.1) is 11.8 Å². The van der Waals surface area contributed by atoms with Gasteiger partial charge < -0.3 is 19.9 Å². The number of fused-ring (bicyclic) bond motifs is 1. The Bertz CT molecular complexity index is 1290. The van der Waals surface area contributed by atoms with Crippen LogP contribution in [0.25, 0.3) is 11.1 Å². The number of nitrogens with zero attached hydrogens (tertiary/aromatic N) is 2. The zero-order valence-corrected chi connectivity index (χ0v) is 21.0. The molecular formula is C29H31N3O5. The second-order valence-electron chi connectivity index (χ2n) is 9.52. The first-order valence-electron chi connectivity index (χ1n) is 12.8. The van der Waals surface area contributed by atoms with Gasteiger partial charge in [0.2, 0.25) is 5.88 Å². The van der Waals surface area contributed by atoms with Crippen LogP contribution in [0.3, 0.4) is 0 Å². The first-order chi connectivity index (χ1) is 18.0. The van der Waals surface area contributed by atoms with Gasteiger partial charge in [0.15, 0.2) is 0 Å². The van der Waals surface area contributed by atoms with Crippen LogP contribution in [0.1, 0.15) is 32.3 Å². The summed E-state index contributed by atoms with van der Waals surface area (Å²) in [7, 11) is 0. The van der Waals surface area contributed by atoms with Crippen LogP contribution in [-0.4, -0.2) is 41.3 Å². The number of aryl methyl sites for hydroxylation is 1. The summed E-state index contributed by atoms with van der Waals surface area (Å²) >= 11 is 0. The van der Waals surface area contributed by atoms with Crippen molar-refractivity contribution in [2.24, 2.45) is 11.8 Å². The Kier molecular flexibility index (Phi) is 6.99. The number of amides is 2. The molecule has 3 atom stereocenters. The van der Waals surface area contributed by atoms with Crippen molar-refractivity contribution in [1.29, 1.82) is 0 Å². The summed E-state index contributed by atoms with van der Waals surface area (Å²) in [5.41, 5.74) is 4.44. The van der Waals surface area contributed by atoms with E-state index in [1.54, 1.807) is 17.2 Å². The zero-order valence-electron chi connectivity index (χ0n) is 21.0. The van der Waals surface area contributed by atoms with Crippen molar-refractivity contribution in [3.8, 4) is 22.8 Å². The standard InChI is InChI=1S/C29H31N3O5/c1-3-18-7-5-6-8-24(18)31-29(35)32-16-22(4-2)37-26-14-19(9-11-25(26)32)20-10-12-27(30-15-20)36-17-21-13-23(21)28(33)34/h5-12,14-15,21-23H,3-4,13,16-17H2,1-2H3,(H,31,35)(H,33,34)/t21?,22?,23-/m0/s1. The van der Waals surface area contributed by atoms with Crippen LogP contribution in [0.2, 0.25) is 0 Å². The summed E-state index contributed by atoms with van der Waals surface area (Å²) in [6.07, 6.45) is 3.88. The van der Waals surface area contributed by atoms with E-state index in [0.717, 1.165) is 40.9 Å². The maximum absolute atomic E-state index is 13.3. The number of aliphatic carboxylic acids is 1. The van der Waals surface area contributed by atoms with Gasteiger partial charge in [0, 0.05) is 29.4 Å². The van der Waals surface area contributed by atoms with E-state index < -0.39 is 5.97 Å². The number of pyridine rings is 1. The topological polar surface area (TPSA) is 101 Å². The van der Waals surface area contributed by atoms with E-state index in [1.165, 1.54) is 0 Å². The number of nitrogens with one attached hydrogen (secondary N) is 1. The number of carbonyl (C=O) groups excluding carboxylic acids is 1. The highest BCUT2D eigenvalue weighted by Crippen LogP contribution is 2.40. The van der Waals surface area contributed by atoms with Crippen LogP contribution in [-0.2, 0) is 11.2 Å². The van der Waals surface area contributed by atoms with Crippen LogP contribution in [0.5, 0.6) is 11.6 Å². The van der Waals surface area contributed by atoms with E-state index >= 15 is 0 Å². The van der Waals surface area contributed by atoms with Crippen molar-refractivity contribution >= 4 is 23.4 Å². The molecule has 5 rings (SSSR count). The molecule has 2 N–H and O–H groups in total. The van der Waals surface area contributed by atoms with Crippen molar-refractivity contribution in [3.05, 3.63) is 66.4 Å². The lowest BCUT2D eigenvalue weighted by Crippen LogP contribution is -2.45. The summed E-state index contributed by atoms with van der Waals surface area (Å²) in [6.45, 7) is 4.94. The summed E-state index contributed by atoms with van der Waals surface area (Å²) in [6, 6.07) is 17.2. The molecule has 1 aliphatic heterocycles. The third-order valence-corrected chi connectivity index (χ3v) is 7.03. The molecule has 0 radical (unpaired) electrons. The van der Waals surface area contributed by atoms with Gasteiger partial charge in [0.25, 0.3) is 0 Å². The number of hydrogen-bond donors (Lipinski definition) is 2. The third-order valence-electron chi connectivity index (χ3n) is 7.03. The normalized spacial score (nSPS) is 19.9. The largest absolute Gasteiger partial charge is 0.486 e. The van der Waals surface area contributed by atoms with Crippen molar-refractivity contribution in [2.45, 2.75) is 39.2 Å². The minimum atomic E-state index is -0.765. The molecular weight excluding hydrogens is 470 g/mol. The van der Waals surface area contributed by atoms with Crippen LogP contribution >= 0.6 is 0 Å². The molecule has 3 aromatic rings. The minimum absolute atomic E-state index is 0.0545. The summed E-state index contributed by atoms with van der Waals surface area (Å²) < 4.78 is 11.9. The highest BCUT2D eigenvalue weighted by atomic mass is 16.5. The van der Waals surface area contributed by atoms with Crippen molar-refractivity contribution in [1.82, 2.24) is 4.98 Å². The van der Waals surface area contributed by atoms with E-state index in [0.29, 0.717) is 31.2 Å². The number of hydrogen-bond acceptors (Lipinski definition) is 5. The molecule has 0 bridgehead atoms. The Labute approximate surface area is 216 Å². The fraction of sp³-hybridized carbons (Fsp3) is 0.345. The molecule has 2 aromatic carbocycles. The van der Waals surface area contributed by atoms with Crippen LogP contribution in [0.15, 0.2) is 60.8 Å². The first-order valence-corrected chi connectivity index (χ1v) is 12.8. The smallest absolute Gasteiger partial charge is 0.326 e. The molecule has 8 heteroatoms. The van der Waals surface area contributed by atoms with Gasteiger partial charge >= 0.3 is 12.0 Å². The predicted octanol–water partition coefficient (Wildman–Crippen LogP) is 5.62. The summed E-state index contributed by atoms with van der Waals surface area (Å²) in [5.74, 6) is 0.112. The number of carboxylic acid groups (broad SMARTS) is 1. The fourth-order valence-corrected chi connectivity index (χ4v) is 4.63. The van der Waals surface area contributed by atoms with Crippen LogP contribution < -0.4 is 19.7 Å². The maximum Gasteiger partial charge on any atom is 0.326 e. The van der Waals surface area contributed by atoms with Crippen molar-refractivity contribution in [3.63, 3.8) is 0 Å². The quantitative estimate of drug-likeness (QED) is 0.416. The molecule has 192 valence electrons. The Morgan fingerprint density at radius 3 is 2.65 bits per heavy atom. The average Bonchev–Trinajstić information content (AvgIpc) is 3.72. The number of urea groups is 1. The highest BCUT2D eigenvalue weighted by Gasteiger charge is 2.43. The minimum Gasteiger partial charge on any atom is -0.486 e. The number of aromatic nitrogens is 1. The molecule has 1 aliphatic carbocycles. The van der Waals surface area contributed by atoms with E-state index in [1.807, 2.05) is 55.5 Å². The number of para-hydroxylation sites is 1. The number of carbonyl (C=O) groups is 2. The lowest BCUT2D eigenvalue weighted by atomic mass is 10.0. The average molecular weight is 502 g/mol. The predicted molar refractivity (Wildman–Crippen MR) is 141 cm³/mol. The molecule has 2 aliphatic rings. The third kappa shape index (κ3) is 5.38. The molecule has 1 saturated carbocycles. The summed E-state index contributed by atoms with van der Waals surface area (Å²) in [5, 5.41) is 12.1.